The number of carbonyl (C=O) groups is 1. The van der Waals surface area contributed by atoms with Crippen LogP contribution in [0.25, 0.3) is 10.8 Å². The van der Waals surface area contributed by atoms with Crippen LogP contribution in [0.5, 0.6) is 5.75 Å². The summed E-state index contributed by atoms with van der Waals surface area (Å²) in [7, 11) is 1.80. The SMILES string of the molecule is Cn1cnnc1COc1cc2ccccc2cc1C(=O)O. The normalized spacial score (nSPS) is 10.7. The van der Waals surface area contributed by atoms with E-state index >= 15 is 0 Å². The predicted molar refractivity (Wildman–Crippen MR) is 76.2 cm³/mol. The van der Waals surface area contributed by atoms with Crippen LogP contribution in [0.4, 0.5) is 0 Å². The Morgan fingerprint density at radius 1 is 1.29 bits per heavy atom. The van der Waals surface area contributed by atoms with Crippen molar-refractivity contribution in [2.24, 2.45) is 7.05 Å². The summed E-state index contributed by atoms with van der Waals surface area (Å²) in [6.45, 7) is 0.162. The zero-order chi connectivity index (χ0) is 14.8. The first-order valence-corrected chi connectivity index (χ1v) is 6.37. The second-order valence-corrected chi connectivity index (χ2v) is 4.65. The third-order valence-electron chi connectivity index (χ3n) is 3.24. The van der Waals surface area contributed by atoms with Crippen LogP contribution in [-0.2, 0) is 13.7 Å². The molecule has 1 N–H and O–H groups in total. The fourth-order valence-electron chi connectivity index (χ4n) is 2.09. The monoisotopic (exact) mass is 283 g/mol. The lowest BCUT2D eigenvalue weighted by Gasteiger charge is -2.10. The Balaban J connectivity index is 1.97. The number of aryl methyl sites for hydroxylation is 1. The van der Waals surface area contributed by atoms with Crippen molar-refractivity contribution in [1.29, 1.82) is 0 Å². The highest BCUT2D eigenvalue weighted by molar-refractivity contribution is 5.97. The van der Waals surface area contributed by atoms with Crippen molar-refractivity contribution < 1.29 is 14.6 Å². The molecule has 1 heterocycles. The average Bonchev–Trinajstić information content (AvgIpc) is 2.89. The zero-order valence-corrected chi connectivity index (χ0v) is 11.4. The number of nitrogens with zero attached hydrogens (tertiary/aromatic N) is 3. The molecular formula is C15H13N3O3. The maximum absolute atomic E-state index is 11.4. The van der Waals surface area contributed by atoms with E-state index in [-0.39, 0.29) is 12.2 Å². The van der Waals surface area contributed by atoms with Gasteiger partial charge in [-0.25, -0.2) is 4.79 Å². The van der Waals surface area contributed by atoms with E-state index in [4.69, 9.17) is 4.74 Å². The molecule has 1 aromatic heterocycles. The van der Waals surface area contributed by atoms with Crippen LogP contribution in [-0.4, -0.2) is 25.8 Å². The Morgan fingerprint density at radius 2 is 2.00 bits per heavy atom. The number of carboxylic acid groups (broad SMARTS) is 1. The molecular weight excluding hydrogens is 270 g/mol. The van der Waals surface area contributed by atoms with Gasteiger partial charge in [0, 0.05) is 7.05 Å². The summed E-state index contributed by atoms with van der Waals surface area (Å²) in [5, 5.41) is 18.8. The molecule has 0 aliphatic heterocycles. The maximum Gasteiger partial charge on any atom is 0.339 e. The van der Waals surface area contributed by atoms with Gasteiger partial charge in [-0.05, 0) is 22.9 Å². The van der Waals surface area contributed by atoms with E-state index in [1.165, 1.54) is 0 Å². The molecule has 3 rings (SSSR count). The van der Waals surface area contributed by atoms with Crippen molar-refractivity contribution in [2.45, 2.75) is 6.61 Å². The van der Waals surface area contributed by atoms with Crippen molar-refractivity contribution in [3.8, 4) is 5.75 Å². The lowest BCUT2D eigenvalue weighted by Crippen LogP contribution is -2.07. The molecule has 6 heteroatoms. The van der Waals surface area contributed by atoms with Crippen molar-refractivity contribution >= 4 is 16.7 Å². The number of hydrogen-bond acceptors (Lipinski definition) is 4. The molecule has 0 bridgehead atoms. The molecule has 21 heavy (non-hydrogen) atoms. The minimum Gasteiger partial charge on any atom is -0.485 e. The lowest BCUT2D eigenvalue weighted by atomic mass is 10.1. The van der Waals surface area contributed by atoms with Crippen LogP contribution in [0.1, 0.15) is 16.2 Å². The maximum atomic E-state index is 11.4. The average molecular weight is 283 g/mol. The topological polar surface area (TPSA) is 77.2 Å². The molecule has 0 saturated carbocycles. The van der Waals surface area contributed by atoms with Crippen molar-refractivity contribution in [3.63, 3.8) is 0 Å². The first kappa shape index (κ1) is 13.1. The van der Waals surface area contributed by atoms with Gasteiger partial charge in [0.05, 0.1) is 0 Å². The number of aromatic carboxylic acids is 1. The highest BCUT2D eigenvalue weighted by Gasteiger charge is 2.14. The summed E-state index contributed by atoms with van der Waals surface area (Å²) in [4.78, 5) is 11.4. The lowest BCUT2D eigenvalue weighted by molar-refractivity contribution is 0.0692. The van der Waals surface area contributed by atoms with E-state index in [1.807, 2.05) is 24.3 Å². The van der Waals surface area contributed by atoms with Gasteiger partial charge in [0.1, 0.15) is 24.2 Å². The molecule has 0 radical (unpaired) electrons. The second kappa shape index (κ2) is 5.24. The zero-order valence-electron chi connectivity index (χ0n) is 11.4. The molecule has 0 atom stereocenters. The largest absolute Gasteiger partial charge is 0.485 e. The molecule has 0 spiro atoms. The minimum atomic E-state index is -1.02. The van der Waals surface area contributed by atoms with Crippen LogP contribution in [0.3, 0.4) is 0 Å². The van der Waals surface area contributed by atoms with Gasteiger partial charge >= 0.3 is 5.97 Å². The van der Waals surface area contributed by atoms with Gasteiger partial charge in [0.2, 0.25) is 0 Å². The van der Waals surface area contributed by atoms with Crippen LogP contribution in [0, 0.1) is 0 Å². The van der Waals surface area contributed by atoms with Crippen molar-refractivity contribution in [2.75, 3.05) is 0 Å². The van der Waals surface area contributed by atoms with Gasteiger partial charge in [-0.2, -0.15) is 0 Å². The number of hydrogen-bond donors (Lipinski definition) is 1. The Bertz CT molecular complexity index is 811. The molecule has 0 unspecified atom stereocenters. The molecule has 3 aromatic rings. The molecule has 0 fully saturated rings. The number of rotatable bonds is 4. The first-order valence-electron chi connectivity index (χ1n) is 6.37. The van der Waals surface area contributed by atoms with Gasteiger partial charge in [0.15, 0.2) is 5.82 Å². The number of benzene rings is 2. The standard InChI is InChI=1S/C15H13N3O3/c1-18-9-16-17-14(18)8-21-13-7-11-5-3-2-4-10(11)6-12(13)15(19)20/h2-7,9H,8H2,1H3,(H,19,20). The Kier molecular flexibility index (Phi) is 3.27. The summed E-state index contributed by atoms with van der Waals surface area (Å²) in [6, 6.07) is 10.9. The predicted octanol–water partition coefficient (Wildman–Crippen LogP) is 2.25. The molecule has 0 aliphatic rings. The van der Waals surface area contributed by atoms with Gasteiger partial charge in [-0.3, -0.25) is 0 Å². The Morgan fingerprint density at radius 3 is 2.62 bits per heavy atom. The second-order valence-electron chi connectivity index (χ2n) is 4.65. The molecule has 2 aromatic carbocycles. The number of ether oxygens (including phenoxy) is 1. The van der Waals surface area contributed by atoms with Gasteiger partial charge in [-0.1, -0.05) is 24.3 Å². The summed E-state index contributed by atoms with van der Waals surface area (Å²) in [5.41, 5.74) is 0.135. The quantitative estimate of drug-likeness (QED) is 0.794. The fourth-order valence-corrected chi connectivity index (χ4v) is 2.09. The molecule has 0 aliphatic carbocycles. The van der Waals surface area contributed by atoms with Crippen molar-refractivity contribution in [1.82, 2.24) is 14.8 Å². The Labute approximate surface area is 120 Å². The van der Waals surface area contributed by atoms with Crippen LogP contribution >= 0.6 is 0 Å². The fraction of sp³-hybridized carbons (Fsp3) is 0.133. The summed E-state index contributed by atoms with van der Waals surface area (Å²) < 4.78 is 7.35. The van der Waals surface area contributed by atoms with Crippen LogP contribution in [0.2, 0.25) is 0 Å². The number of carboxylic acids is 1. The van der Waals surface area contributed by atoms with E-state index in [1.54, 1.807) is 30.1 Å². The highest BCUT2D eigenvalue weighted by Crippen LogP contribution is 2.26. The Hall–Kier alpha value is -2.89. The van der Waals surface area contributed by atoms with Crippen molar-refractivity contribution in [3.05, 3.63) is 54.1 Å². The molecule has 106 valence electrons. The summed E-state index contributed by atoms with van der Waals surface area (Å²) in [5.74, 6) is -0.0718. The third kappa shape index (κ3) is 2.55. The van der Waals surface area contributed by atoms with E-state index < -0.39 is 5.97 Å². The number of fused-ring (bicyclic) bond motifs is 1. The van der Waals surface area contributed by atoms with E-state index in [2.05, 4.69) is 10.2 Å². The molecule has 6 nitrogen and oxygen atoms in total. The molecule has 0 saturated heterocycles. The van der Waals surface area contributed by atoms with E-state index in [0.29, 0.717) is 11.6 Å². The van der Waals surface area contributed by atoms with Crippen LogP contribution in [0.15, 0.2) is 42.7 Å². The first-order chi connectivity index (χ1) is 10.1. The summed E-state index contributed by atoms with van der Waals surface area (Å²) in [6.07, 6.45) is 1.57. The van der Waals surface area contributed by atoms with Gasteiger partial charge in [-0.15, -0.1) is 10.2 Å². The van der Waals surface area contributed by atoms with E-state index in [0.717, 1.165) is 10.8 Å². The number of aromatic nitrogens is 3. The van der Waals surface area contributed by atoms with Crippen LogP contribution < -0.4 is 4.74 Å². The smallest absolute Gasteiger partial charge is 0.339 e. The summed E-state index contributed by atoms with van der Waals surface area (Å²) >= 11 is 0. The molecule has 0 amide bonds. The van der Waals surface area contributed by atoms with Gasteiger partial charge in [0.25, 0.3) is 0 Å². The highest BCUT2D eigenvalue weighted by atomic mass is 16.5. The third-order valence-corrected chi connectivity index (χ3v) is 3.24. The van der Waals surface area contributed by atoms with Gasteiger partial charge < -0.3 is 14.4 Å². The minimum absolute atomic E-state index is 0.135. The van der Waals surface area contributed by atoms with E-state index in [9.17, 15) is 9.90 Å².